The molecule has 0 aliphatic heterocycles. The van der Waals surface area contributed by atoms with Crippen LogP contribution >= 0.6 is 0 Å². The molecule has 1 aromatic heterocycles. The Morgan fingerprint density at radius 3 is 2.81 bits per heavy atom. The van der Waals surface area contributed by atoms with Gasteiger partial charge in [-0.05, 0) is 32.6 Å². The van der Waals surface area contributed by atoms with Gasteiger partial charge in [-0.15, -0.1) is 0 Å². The molecular weight excluding hydrogens is 204 g/mol. The summed E-state index contributed by atoms with van der Waals surface area (Å²) >= 11 is 0. The third-order valence-electron chi connectivity index (χ3n) is 2.46. The third kappa shape index (κ3) is 3.70. The summed E-state index contributed by atoms with van der Waals surface area (Å²) in [5.41, 5.74) is 0. The van der Waals surface area contributed by atoms with E-state index in [0.717, 1.165) is 12.2 Å². The highest BCUT2D eigenvalue weighted by molar-refractivity contribution is 5.75. The molecule has 0 aromatic carbocycles. The Bertz CT molecular complexity index is 307. The van der Waals surface area contributed by atoms with Crippen molar-refractivity contribution in [3.8, 4) is 0 Å². The van der Waals surface area contributed by atoms with Gasteiger partial charge in [-0.1, -0.05) is 6.92 Å². The van der Waals surface area contributed by atoms with Crippen LogP contribution in [-0.2, 0) is 4.79 Å². The first-order chi connectivity index (χ1) is 7.65. The lowest BCUT2D eigenvalue weighted by atomic mass is 10.2. The molecule has 1 amide bonds. The van der Waals surface area contributed by atoms with Gasteiger partial charge >= 0.3 is 0 Å². The molecule has 0 radical (unpaired) electrons. The van der Waals surface area contributed by atoms with Crippen molar-refractivity contribution in [1.29, 1.82) is 0 Å². The first-order valence-corrected chi connectivity index (χ1v) is 5.61. The minimum atomic E-state index is 0.0933. The van der Waals surface area contributed by atoms with Crippen LogP contribution in [0.2, 0.25) is 0 Å². The van der Waals surface area contributed by atoms with Crippen molar-refractivity contribution in [2.45, 2.75) is 25.8 Å². The van der Waals surface area contributed by atoms with Gasteiger partial charge in [0.05, 0.1) is 12.3 Å². The van der Waals surface area contributed by atoms with Crippen LogP contribution in [0.5, 0.6) is 0 Å². The second kappa shape index (κ2) is 6.33. The average molecular weight is 224 g/mol. The van der Waals surface area contributed by atoms with Crippen LogP contribution in [0.25, 0.3) is 0 Å². The number of nitrogens with zero attached hydrogens (tertiary/aromatic N) is 1. The zero-order valence-corrected chi connectivity index (χ0v) is 10.2. The second-order valence-electron chi connectivity index (χ2n) is 4.05. The summed E-state index contributed by atoms with van der Waals surface area (Å²) in [6.45, 7) is 2.58. The largest absolute Gasteiger partial charge is 0.468 e. The number of furan rings is 1. The van der Waals surface area contributed by atoms with E-state index < -0.39 is 0 Å². The van der Waals surface area contributed by atoms with Crippen molar-refractivity contribution in [1.82, 2.24) is 10.2 Å². The summed E-state index contributed by atoms with van der Waals surface area (Å²) in [5.74, 6) is 0.975. The minimum Gasteiger partial charge on any atom is -0.468 e. The van der Waals surface area contributed by atoms with Crippen molar-refractivity contribution in [2.24, 2.45) is 0 Å². The molecule has 0 spiro atoms. The quantitative estimate of drug-likeness (QED) is 0.801. The molecule has 0 bridgehead atoms. The number of carbonyl (C=O) groups excluding carboxylic acids is 1. The van der Waals surface area contributed by atoms with Crippen molar-refractivity contribution in [2.75, 3.05) is 20.6 Å². The summed E-state index contributed by atoms with van der Waals surface area (Å²) in [7, 11) is 3.94. The van der Waals surface area contributed by atoms with Crippen molar-refractivity contribution < 1.29 is 9.21 Å². The van der Waals surface area contributed by atoms with Crippen molar-refractivity contribution in [3.05, 3.63) is 24.2 Å². The van der Waals surface area contributed by atoms with Gasteiger partial charge in [0.1, 0.15) is 5.76 Å². The summed E-state index contributed by atoms with van der Waals surface area (Å²) in [6.07, 6.45) is 3.11. The number of carbonyl (C=O) groups is 1. The normalized spacial score (nSPS) is 12.8. The van der Waals surface area contributed by atoms with Crippen molar-refractivity contribution in [3.63, 3.8) is 0 Å². The number of likely N-dealkylation sites (N-methyl/N-ethyl adjacent to an activating group) is 1. The molecule has 1 heterocycles. The van der Waals surface area contributed by atoms with E-state index in [-0.39, 0.29) is 11.9 Å². The first-order valence-electron chi connectivity index (χ1n) is 5.61. The fraction of sp³-hybridized carbons (Fsp3) is 0.583. The molecule has 1 rings (SSSR count). The smallest absolute Gasteiger partial charge is 0.220 e. The lowest BCUT2D eigenvalue weighted by molar-refractivity contribution is -0.121. The van der Waals surface area contributed by atoms with E-state index in [1.807, 2.05) is 38.1 Å². The van der Waals surface area contributed by atoms with Crippen LogP contribution in [0.4, 0.5) is 0 Å². The Labute approximate surface area is 96.6 Å². The van der Waals surface area contributed by atoms with Gasteiger partial charge in [-0.2, -0.15) is 0 Å². The van der Waals surface area contributed by atoms with E-state index in [1.165, 1.54) is 0 Å². The van der Waals surface area contributed by atoms with E-state index in [4.69, 9.17) is 4.42 Å². The number of amides is 1. The first kappa shape index (κ1) is 12.8. The fourth-order valence-corrected chi connectivity index (χ4v) is 1.54. The maximum Gasteiger partial charge on any atom is 0.220 e. The van der Waals surface area contributed by atoms with Crippen LogP contribution in [0.3, 0.4) is 0 Å². The van der Waals surface area contributed by atoms with E-state index in [2.05, 4.69) is 5.32 Å². The Morgan fingerprint density at radius 2 is 2.31 bits per heavy atom. The molecule has 90 valence electrons. The molecule has 0 unspecified atom stereocenters. The molecule has 0 saturated carbocycles. The molecule has 0 saturated heterocycles. The van der Waals surface area contributed by atoms with Crippen LogP contribution in [0.15, 0.2) is 22.8 Å². The molecule has 1 aromatic rings. The maximum absolute atomic E-state index is 11.4. The maximum atomic E-state index is 11.4. The zero-order valence-electron chi connectivity index (χ0n) is 10.2. The Morgan fingerprint density at radius 1 is 1.56 bits per heavy atom. The molecular formula is C12H20N2O2. The molecule has 0 fully saturated rings. The molecule has 4 heteroatoms. The second-order valence-corrected chi connectivity index (χ2v) is 4.05. The fourth-order valence-electron chi connectivity index (χ4n) is 1.54. The molecule has 0 aliphatic rings. The number of rotatable bonds is 6. The number of hydrogen-bond donors (Lipinski definition) is 1. The Hall–Kier alpha value is -1.29. The van der Waals surface area contributed by atoms with E-state index in [1.54, 1.807) is 6.26 Å². The number of hydrogen-bond acceptors (Lipinski definition) is 3. The van der Waals surface area contributed by atoms with Gasteiger partial charge in [-0.3, -0.25) is 9.69 Å². The van der Waals surface area contributed by atoms with Gasteiger partial charge in [0.25, 0.3) is 0 Å². The predicted molar refractivity (Wildman–Crippen MR) is 63.1 cm³/mol. The lowest BCUT2D eigenvalue weighted by Crippen LogP contribution is -2.34. The van der Waals surface area contributed by atoms with E-state index >= 15 is 0 Å². The lowest BCUT2D eigenvalue weighted by Gasteiger charge is -2.22. The molecule has 0 aliphatic carbocycles. The summed E-state index contributed by atoms with van der Waals surface area (Å²) in [5, 5.41) is 2.91. The van der Waals surface area contributed by atoms with Crippen LogP contribution in [0, 0.1) is 0 Å². The highest BCUT2D eigenvalue weighted by Crippen LogP contribution is 2.17. The van der Waals surface area contributed by atoms with E-state index in [0.29, 0.717) is 13.0 Å². The Balaban J connectivity index is 2.50. The SMILES string of the molecule is CCCC(=O)NC[C@@H](c1ccco1)N(C)C. The summed E-state index contributed by atoms with van der Waals surface area (Å²) in [6, 6.07) is 3.88. The van der Waals surface area contributed by atoms with Gasteiger partial charge < -0.3 is 9.73 Å². The summed E-state index contributed by atoms with van der Waals surface area (Å²) in [4.78, 5) is 13.4. The van der Waals surface area contributed by atoms with Crippen LogP contribution in [-0.4, -0.2) is 31.4 Å². The molecule has 16 heavy (non-hydrogen) atoms. The zero-order chi connectivity index (χ0) is 12.0. The topological polar surface area (TPSA) is 45.5 Å². The molecule has 1 atom stereocenters. The molecule has 1 N–H and O–H groups in total. The van der Waals surface area contributed by atoms with E-state index in [9.17, 15) is 4.79 Å². The summed E-state index contributed by atoms with van der Waals surface area (Å²) < 4.78 is 5.36. The predicted octanol–water partition coefficient (Wildman–Crippen LogP) is 1.80. The standard InChI is InChI=1S/C12H20N2O2/c1-4-6-12(15)13-9-10(14(2)3)11-7-5-8-16-11/h5,7-8,10H,4,6,9H2,1-3H3,(H,13,15)/t10-/m0/s1. The average Bonchev–Trinajstić information content (AvgIpc) is 2.71. The van der Waals surface area contributed by atoms with Gasteiger partial charge in [-0.25, -0.2) is 0 Å². The highest BCUT2D eigenvalue weighted by atomic mass is 16.3. The highest BCUT2D eigenvalue weighted by Gasteiger charge is 2.17. The monoisotopic (exact) mass is 224 g/mol. The minimum absolute atomic E-state index is 0.0933. The van der Waals surface area contributed by atoms with Crippen LogP contribution in [0.1, 0.15) is 31.6 Å². The third-order valence-corrected chi connectivity index (χ3v) is 2.46. The molecule has 4 nitrogen and oxygen atoms in total. The van der Waals surface area contributed by atoms with Gasteiger partial charge in [0, 0.05) is 13.0 Å². The van der Waals surface area contributed by atoms with Gasteiger partial charge in [0.2, 0.25) is 5.91 Å². The van der Waals surface area contributed by atoms with Crippen LogP contribution < -0.4 is 5.32 Å². The van der Waals surface area contributed by atoms with Gasteiger partial charge in [0.15, 0.2) is 0 Å². The van der Waals surface area contributed by atoms with Crippen molar-refractivity contribution >= 4 is 5.91 Å². The number of nitrogens with one attached hydrogen (secondary N) is 1. The Kier molecular flexibility index (Phi) is 5.05.